The highest BCUT2D eigenvalue weighted by atomic mass is 35.5. The van der Waals surface area contributed by atoms with Gasteiger partial charge in [-0.25, -0.2) is 4.98 Å². The highest BCUT2D eigenvalue weighted by Crippen LogP contribution is 2.27. The Hall–Kier alpha value is -1.47. The summed E-state index contributed by atoms with van der Waals surface area (Å²) < 4.78 is 5.28. The highest BCUT2D eigenvalue weighted by molar-refractivity contribution is 7.15. The first-order chi connectivity index (χ1) is 11.2. The molecule has 1 aromatic carbocycles. The van der Waals surface area contributed by atoms with E-state index in [0.717, 1.165) is 34.1 Å². The van der Waals surface area contributed by atoms with E-state index in [9.17, 15) is 4.79 Å². The van der Waals surface area contributed by atoms with Crippen molar-refractivity contribution in [1.29, 1.82) is 0 Å². The lowest BCUT2D eigenvalue weighted by atomic mass is 10.2. The van der Waals surface area contributed by atoms with Crippen LogP contribution in [0.3, 0.4) is 0 Å². The van der Waals surface area contributed by atoms with Gasteiger partial charge in [-0.3, -0.25) is 4.79 Å². The number of thiazole rings is 1. The molecule has 1 fully saturated rings. The second-order valence-corrected chi connectivity index (χ2v) is 6.75. The standard InChI is InChI=1S/C17H21N3O2S.ClH/c1-11-15(23-17(20-11)12-6-4-3-5-7-12)10-19-16(21)14-8-13(22-2)9-18-14;/h3-7,13-14,18H,8-10H2,1-2H3,(H,19,21);1H/t13-,14+;/m0./s1. The number of aryl methyl sites for hydroxylation is 1. The zero-order valence-electron chi connectivity index (χ0n) is 13.7. The third-order valence-corrected chi connectivity index (χ3v) is 5.28. The van der Waals surface area contributed by atoms with Crippen LogP contribution >= 0.6 is 23.7 Å². The lowest BCUT2D eigenvalue weighted by Gasteiger charge is -2.10. The molecule has 2 atom stereocenters. The molecule has 2 heterocycles. The maximum Gasteiger partial charge on any atom is 0.237 e. The molecule has 1 amide bonds. The van der Waals surface area contributed by atoms with Crippen LogP contribution in [0.2, 0.25) is 0 Å². The minimum absolute atomic E-state index is 0. The molecule has 2 N–H and O–H groups in total. The van der Waals surface area contributed by atoms with Gasteiger partial charge in [-0.15, -0.1) is 23.7 Å². The van der Waals surface area contributed by atoms with E-state index in [4.69, 9.17) is 4.74 Å². The quantitative estimate of drug-likeness (QED) is 0.852. The second-order valence-electron chi connectivity index (χ2n) is 5.67. The minimum Gasteiger partial charge on any atom is -0.380 e. The molecule has 2 aromatic rings. The average molecular weight is 368 g/mol. The molecule has 7 heteroatoms. The summed E-state index contributed by atoms with van der Waals surface area (Å²) in [6, 6.07) is 9.94. The molecule has 1 aromatic heterocycles. The Kier molecular flexibility index (Phi) is 6.74. The van der Waals surface area contributed by atoms with E-state index in [1.807, 2.05) is 37.3 Å². The van der Waals surface area contributed by atoms with Gasteiger partial charge in [0.25, 0.3) is 0 Å². The molecule has 0 spiro atoms. The summed E-state index contributed by atoms with van der Waals surface area (Å²) in [6.07, 6.45) is 0.847. The van der Waals surface area contributed by atoms with Gasteiger partial charge in [-0.1, -0.05) is 30.3 Å². The topological polar surface area (TPSA) is 63.2 Å². The maximum absolute atomic E-state index is 12.2. The number of rotatable bonds is 5. The van der Waals surface area contributed by atoms with E-state index in [1.54, 1.807) is 18.4 Å². The molecule has 1 aliphatic heterocycles. The minimum atomic E-state index is -0.165. The molecule has 3 rings (SSSR count). The van der Waals surface area contributed by atoms with Crippen molar-refractivity contribution in [1.82, 2.24) is 15.6 Å². The monoisotopic (exact) mass is 367 g/mol. The van der Waals surface area contributed by atoms with Crippen LogP contribution in [0.1, 0.15) is 17.0 Å². The van der Waals surface area contributed by atoms with Crippen molar-refractivity contribution >= 4 is 29.7 Å². The predicted molar refractivity (Wildman–Crippen MR) is 98.6 cm³/mol. The van der Waals surface area contributed by atoms with E-state index < -0.39 is 0 Å². The zero-order valence-corrected chi connectivity index (χ0v) is 15.4. The number of methoxy groups -OCH3 is 1. The van der Waals surface area contributed by atoms with Gasteiger partial charge < -0.3 is 15.4 Å². The Morgan fingerprint density at radius 3 is 2.83 bits per heavy atom. The fourth-order valence-corrected chi connectivity index (χ4v) is 3.68. The lowest BCUT2D eigenvalue weighted by molar-refractivity contribution is -0.123. The van der Waals surface area contributed by atoms with Crippen molar-refractivity contribution in [3.05, 3.63) is 40.9 Å². The number of hydrogen-bond acceptors (Lipinski definition) is 5. The second kappa shape index (κ2) is 8.58. The van der Waals surface area contributed by atoms with Gasteiger partial charge in [-0.2, -0.15) is 0 Å². The van der Waals surface area contributed by atoms with Gasteiger partial charge in [0.1, 0.15) is 5.01 Å². The molecule has 0 bridgehead atoms. The number of aromatic nitrogens is 1. The number of benzene rings is 1. The van der Waals surface area contributed by atoms with Crippen molar-refractivity contribution in [3.63, 3.8) is 0 Å². The van der Waals surface area contributed by atoms with E-state index in [2.05, 4.69) is 15.6 Å². The van der Waals surface area contributed by atoms with Gasteiger partial charge in [0.05, 0.1) is 24.4 Å². The molecule has 0 saturated carbocycles. The fraction of sp³-hybridized carbons (Fsp3) is 0.412. The van der Waals surface area contributed by atoms with Crippen molar-refractivity contribution in [2.75, 3.05) is 13.7 Å². The van der Waals surface area contributed by atoms with Crippen LogP contribution in [0.25, 0.3) is 10.6 Å². The first-order valence-electron chi connectivity index (χ1n) is 7.73. The molecule has 0 unspecified atom stereocenters. The number of hydrogen-bond donors (Lipinski definition) is 2. The Morgan fingerprint density at radius 2 is 2.17 bits per heavy atom. The van der Waals surface area contributed by atoms with Crippen LogP contribution in [0.15, 0.2) is 30.3 Å². The van der Waals surface area contributed by atoms with Gasteiger partial charge in [0.2, 0.25) is 5.91 Å². The Bertz CT molecular complexity index is 678. The highest BCUT2D eigenvalue weighted by Gasteiger charge is 2.29. The Morgan fingerprint density at radius 1 is 1.42 bits per heavy atom. The molecule has 0 aliphatic carbocycles. The van der Waals surface area contributed by atoms with Crippen LogP contribution < -0.4 is 10.6 Å². The number of nitrogens with zero attached hydrogens (tertiary/aromatic N) is 1. The van der Waals surface area contributed by atoms with Crippen molar-refractivity contribution in [2.24, 2.45) is 0 Å². The summed E-state index contributed by atoms with van der Waals surface area (Å²) in [7, 11) is 1.68. The molecule has 5 nitrogen and oxygen atoms in total. The number of nitrogens with one attached hydrogen (secondary N) is 2. The molecule has 1 aliphatic rings. The third kappa shape index (κ3) is 4.33. The van der Waals surface area contributed by atoms with Gasteiger partial charge in [-0.05, 0) is 13.3 Å². The first kappa shape index (κ1) is 18.9. The molecule has 24 heavy (non-hydrogen) atoms. The molecule has 1 saturated heterocycles. The normalized spacial score (nSPS) is 19.8. The number of carbonyl (C=O) groups is 1. The average Bonchev–Trinajstić information content (AvgIpc) is 3.20. The van der Waals surface area contributed by atoms with Crippen molar-refractivity contribution in [3.8, 4) is 10.6 Å². The molecular weight excluding hydrogens is 346 g/mol. The smallest absolute Gasteiger partial charge is 0.237 e. The van der Waals surface area contributed by atoms with Crippen LogP contribution in [0, 0.1) is 6.92 Å². The third-order valence-electron chi connectivity index (χ3n) is 4.08. The van der Waals surface area contributed by atoms with E-state index in [-0.39, 0.29) is 30.5 Å². The molecular formula is C17H22ClN3O2S. The van der Waals surface area contributed by atoms with Gasteiger partial charge >= 0.3 is 0 Å². The predicted octanol–water partition coefficient (Wildman–Crippen LogP) is 2.53. The van der Waals surface area contributed by atoms with E-state index in [1.165, 1.54) is 0 Å². The number of halogens is 1. The number of amides is 1. The first-order valence-corrected chi connectivity index (χ1v) is 8.54. The Labute approximate surface area is 152 Å². The SMILES string of the molecule is CO[C@@H]1CN[C@@H](C(=O)NCc2sc(-c3ccccc3)nc2C)C1.Cl. The van der Waals surface area contributed by atoms with Crippen LogP contribution in [-0.2, 0) is 16.1 Å². The fourth-order valence-electron chi connectivity index (χ4n) is 2.67. The van der Waals surface area contributed by atoms with Crippen LogP contribution in [0.4, 0.5) is 0 Å². The summed E-state index contributed by atoms with van der Waals surface area (Å²) in [6.45, 7) is 3.23. The summed E-state index contributed by atoms with van der Waals surface area (Å²) in [5, 5.41) is 7.19. The van der Waals surface area contributed by atoms with Gasteiger partial charge in [0.15, 0.2) is 0 Å². The molecule has 130 valence electrons. The summed E-state index contributed by atoms with van der Waals surface area (Å²) in [4.78, 5) is 17.9. The summed E-state index contributed by atoms with van der Waals surface area (Å²) in [5.41, 5.74) is 2.09. The van der Waals surface area contributed by atoms with Crippen molar-refractivity contribution < 1.29 is 9.53 Å². The maximum atomic E-state index is 12.2. The zero-order chi connectivity index (χ0) is 16.2. The Balaban J connectivity index is 0.00000208. The largest absolute Gasteiger partial charge is 0.380 e. The summed E-state index contributed by atoms with van der Waals surface area (Å²) >= 11 is 1.63. The van der Waals surface area contributed by atoms with Crippen LogP contribution in [-0.4, -0.2) is 36.7 Å². The number of ether oxygens (including phenoxy) is 1. The number of carbonyl (C=O) groups excluding carboxylic acids is 1. The lowest BCUT2D eigenvalue weighted by Crippen LogP contribution is -2.39. The van der Waals surface area contributed by atoms with Crippen molar-refractivity contribution in [2.45, 2.75) is 32.0 Å². The van der Waals surface area contributed by atoms with Crippen LogP contribution in [0.5, 0.6) is 0 Å². The van der Waals surface area contributed by atoms with Gasteiger partial charge in [0, 0.05) is 24.1 Å². The van der Waals surface area contributed by atoms with E-state index >= 15 is 0 Å². The van der Waals surface area contributed by atoms with E-state index in [0.29, 0.717) is 6.54 Å². The summed E-state index contributed by atoms with van der Waals surface area (Å²) in [5.74, 6) is 0.0265. The molecule has 0 radical (unpaired) electrons.